The van der Waals surface area contributed by atoms with Gasteiger partial charge in [-0.05, 0) is 96.3 Å². The average Bonchev–Trinajstić information content (AvgIpc) is 3.05. The van der Waals surface area contributed by atoms with Crippen LogP contribution < -0.4 is 5.32 Å². The summed E-state index contributed by atoms with van der Waals surface area (Å²) in [5.41, 5.74) is 0. The van der Waals surface area contributed by atoms with Crippen LogP contribution in [0.25, 0.3) is 0 Å². The number of nitrogens with one attached hydrogen (secondary N) is 1. The van der Waals surface area contributed by atoms with E-state index in [2.05, 4.69) is 129 Å². The van der Waals surface area contributed by atoms with Crippen LogP contribution in [0.4, 0.5) is 0 Å². The lowest BCUT2D eigenvalue weighted by Gasteiger charge is -2.48. The molecule has 85 heavy (non-hydrogen) atoms. The highest BCUT2D eigenvalue weighted by molar-refractivity contribution is 5.76. The standard InChI is InChI=1S/C66H107NO18/c1-3-5-7-9-11-13-15-16-17-18-19-20-21-22-23-24-25-26-27-28-29-30-31-32-34-36-38-40-42-44-54(72)67-49(50(71)43-41-39-37-35-33-14-12-10-8-6-4-2)48-80-64-60(78)57(75)62(52(46-69)82-64)85-66-61(79)58(76)63(53(47-70)83-66)84-65-59(77)56(74)55(73)51(45-68)81-65/h5,7,11,13,16-17,19-20,22-23,25-26,28-29,31-33,35,41,43,49-53,55-66,68-71,73-79H,3-4,6,8-10,12,14-15,18,21,24,27,30,34,36-40,42,44-48H2,1-2H3,(H,67,72)/b7-5-,13-11-,17-16-,20-19-,23-22-,26-25-,29-28-,32-31-,35-33+,43-41+. The molecule has 19 nitrogen and oxygen atoms in total. The number of ether oxygens (including phenoxy) is 6. The molecule has 0 radical (unpaired) electrons. The van der Waals surface area contributed by atoms with Crippen LogP contribution >= 0.6 is 0 Å². The number of allylic oxidation sites excluding steroid dienone is 19. The van der Waals surface area contributed by atoms with Crippen LogP contribution in [0.1, 0.15) is 155 Å². The summed E-state index contributed by atoms with van der Waals surface area (Å²) < 4.78 is 34.2. The highest BCUT2D eigenvalue weighted by atomic mass is 16.8. The van der Waals surface area contributed by atoms with Gasteiger partial charge >= 0.3 is 0 Å². The van der Waals surface area contributed by atoms with Crippen LogP contribution in [-0.2, 0) is 33.2 Å². The maximum atomic E-state index is 13.3. The minimum Gasteiger partial charge on any atom is -0.394 e. The number of aliphatic hydroxyl groups excluding tert-OH is 11. The van der Waals surface area contributed by atoms with Gasteiger partial charge in [-0.3, -0.25) is 4.79 Å². The molecule has 17 atom stereocenters. The largest absolute Gasteiger partial charge is 0.394 e. The minimum atomic E-state index is -1.99. The maximum absolute atomic E-state index is 13.3. The van der Waals surface area contributed by atoms with E-state index in [4.69, 9.17) is 28.4 Å². The Balaban J connectivity index is 1.45. The molecule has 3 rings (SSSR count). The normalized spacial score (nSPS) is 29.8. The van der Waals surface area contributed by atoms with E-state index in [1.54, 1.807) is 6.08 Å². The molecule has 484 valence electrons. The highest BCUT2D eigenvalue weighted by Crippen LogP contribution is 2.33. The zero-order valence-corrected chi connectivity index (χ0v) is 50.5. The second kappa shape index (κ2) is 47.2. The third-order valence-electron chi connectivity index (χ3n) is 14.7. The molecule has 3 aliphatic heterocycles. The topological polar surface area (TPSA) is 307 Å². The number of carbonyl (C=O) groups excluding carboxylic acids is 1. The summed E-state index contributed by atoms with van der Waals surface area (Å²) in [6.45, 7) is 1.50. The van der Waals surface area contributed by atoms with E-state index in [-0.39, 0.29) is 18.9 Å². The first-order chi connectivity index (χ1) is 41.3. The second-order valence-corrected chi connectivity index (χ2v) is 21.8. The lowest BCUT2D eigenvalue weighted by Crippen LogP contribution is -2.66. The molecule has 0 aromatic heterocycles. The SMILES string of the molecule is CC/C=C\C/C=C\C/C=C\C/C=C\C/C=C\C/C=C\C/C=C\C/C=C\CCCCCCC(=O)NC(COC1OC(CO)C(OC2OC(CO)C(OC3OC(CO)C(O)C(O)C3O)C(O)C2O)C(O)C1O)C(O)/C=C/CC/C=C/CCCCCCC. The molecule has 0 aromatic rings. The van der Waals surface area contributed by atoms with E-state index < -0.39 is 124 Å². The molecule has 12 N–H and O–H groups in total. The van der Waals surface area contributed by atoms with Crippen molar-refractivity contribution in [3.05, 3.63) is 122 Å². The van der Waals surface area contributed by atoms with Crippen LogP contribution in [0, 0.1) is 0 Å². The monoisotopic (exact) mass is 1200 g/mol. The highest BCUT2D eigenvalue weighted by Gasteiger charge is 2.53. The maximum Gasteiger partial charge on any atom is 0.220 e. The third kappa shape index (κ3) is 30.3. The molecule has 3 saturated heterocycles. The molecule has 3 heterocycles. The van der Waals surface area contributed by atoms with Crippen molar-refractivity contribution in [2.45, 2.75) is 259 Å². The fourth-order valence-electron chi connectivity index (χ4n) is 9.63. The second-order valence-electron chi connectivity index (χ2n) is 21.8. The summed E-state index contributed by atoms with van der Waals surface area (Å²) in [6.07, 6.45) is 36.2. The molecule has 0 aliphatic carbocycles. The zero-order chi connectivity index (χ0) is 61.9. The zero-order valence-electron chi connectivity index (χ0n) is 50.5. The summed E-state index contributed by atoms with van der Waals surface area (Å²) in [5.74, 6) is -0.319. The Labute approximate surface area is 506 Å². The van der Waals surface area contributed by atoms with Gasteiger partial charge < -0.3 is 89.9 Å². The van der Waals surface area contributed by atoms with E-state index >= 15 is 0 Å². The molecule has 0 spiro atoms. The number of hydrogen-bond acceptors (Lipinski definition) is 18. The molecule has 19 heteroatoms. The van der Waals surface area contributed by atoms with E-state index in [1.165, 1.54) is 25.7 Å². The lowest BCUT2D eigenvalue weighted by molar-refractivity contribution is -0.379. The Morgan fingerprint density at radius 3 is 1.31 bits per heavy atom. The van der Waals surface area contributed by atoms with Gasteiger partial charge in [0.1, 0.15) is 73.2 Å². The fourth-order valence-corrected chi connectivity index (χ4v) is 9.63. The smallest absolute Gasteiger partial charge is 0.220 e. The molecule has 3 fully saturated rings. The number of aliphatic hydroxyl groups is 11. The Kier molecular flexibility index (Phi) is 41.9. The van der Waals surface area contributed by atoms with Crippen LogP contribution in [0.2, 0.25) is 0 Å². The van der Waals surface area contributed by atoms with E-state index in [1.807, 2.05) is 6.08 Å². The van der Waals surface area contributed by atoms with Crippen molar-refractivity contribution in [2.24, 2.45) is 0 Å². The third-order valence-corrected chi connectivity index (χ3v) is 14.7. The quantitative estimate of drug-likeness (QED) is 0.0229. The average molecular weight is 1200 g/mol. The Bertz CT molecular complexity index is 2020. The fraction of sp³-hybridized carbons (Fsp3) is 0.682. The van der Waals surface area contributed by atoms with Crippen LogP contribution in [-0.4, -0.2) is 193 Å². The molecular formula is C66H107NO18. The predicted molar refractivity (Wildman–Crippen MR) is 327 cm³/mol. The molecule has 0 bridgehead atoms. The number of rotatable bonds is 44. The molecular weight excluding hydrogens is 1090 g/mol. The van der Waals surface area contributed by atoms with Crippen molar-refractivity contribution in [1.29, 1.82) is 0 Å². The molecule has 0 aromatic carbocycles. The van der Waals surface area contributed by atoms with Crippen LogP contribution in [0.3, 0.4) is 0 Å². The first kappa shape index (κ1) is 75.4. The van der Waals surface area contributed by atoms with E-state index in [0.717, 1.165) is 96.3 Å². The van der Waals surface area contributed by atoms with Gasteiger partial charge in [-0.1, -0.05) is 174 Å². The van der Waals surface area contributed by atoms with Crippen molar-refractivity contribution in [2.75, 3.05) is 26.4 Å². The predicted octanol–water partition coefficient (Wildman–Crippen LogP) is 6.48. The van der Waals surface area contributed by atoms with Gasteiger partial charge in [-0.2, -0.15) is 0 Å². The first-order valence-electron chi connectivity index (χ1n) is 31.3. The Hall–Kier alpha value is -3.81. The lowest BCUT2D eigenvalue weighted by atomic mass is 9.96. The Morgan fingerprint density at radius 2 is 0.824 bits per heavy atom. The van der Waals surface area contributed by atoms with E-state index in [9.17, 15) is 61.0 Å². The molecule has 17 unspecified atom stereocenters. The van der Waals surface area contributed by atoms with Gasteiger partial charge in [0.05, 0.1) is 38.6 Å². The van der Waals surface area contributed by atoms with Gasteiger partial charge in [0.25, 0.3) is 0 Å². The van der Waals surface area contributed by atoms with E-state index in [0.29, 0.717) is 12.8 Å². The van der Waals surface area contributed by atoms with Gasteiger partial charge in [0.15, 0.2) is 18.9 Å². The number of hydrogen-bond donors (Lipinski definition) is 12. The van der Waals surface area contributed by atoms with Crippen LogP contribution in [0.15, 0.2) is 122 Å². The Morgan fingerprint density at radius 1 is 0.435 bits per heavy atom. The number of unbranched alkanes of at least 4 members (excludes halogenated alkanes) is 10. The number of amides is 1. The van der Waals surface area contributed by atoms with Gasteiger partial charge in [0.2, 0.25) is 5.91 Å². The van der Waals surface area contributed by atoms with Crippen molar-refractivity contribution in [1.82, 2.24) is 5.32 Å². The van der Waals surface area contributed by atoms with Gasteiger partial charge in [-0.15, -0.1) is 0 Å². The molecule has 0 saturated carbocycles. The summed E-state index contributed by atoms with van der Waals surface area (Å²) in [4.78, 5) is 13.3. The summed E-state index contributed by atoms with van der Waals surface area (Å²) in [5, 5.41) is 120. The summed E-state index contributed by atoms with van der Waals surface area (Å²) in [7, 11) is 0. The summed E-state index contributed by atoms with van der Waals surface area (Å²) in [6, 6.07) is -1.01. The minimum absolute atomic E-state index is 0.196. The molecule has 3 aliphatic rings. The van der Waals surface area contributed by atoms with Crippen molar-refractivity contribution in [3.8, 4) is 0 Å². The molecule has 1 amide bonds. The van der Waals surface area contributed by atoms with Crippen LogP contribution in [0.5, 0.6) is 0 Å². The van der Waals surface area contributed by atoms with Crippen molar-refractivity contribution < 1.29 is 89.4 Å². The van der Waals surface area contributed by atoms with Crippen molar-refractivity contribution >= 4 is 5.91 Å². The summed E-state index contributed by atoms with van der Waals surface area (Å²) >= 11 is 0. The van der Waals surface area contributed by atoms with Crippen molar-refractivity contribution in [3.63, 3.8) is 0 Å². The van der Waals surface area contributed by atoms with Gasteiger partial charge in [0, 0.05) is 6.42 Å². The number of carbonyl (C=O) groups is 1. The van der Waals surface area contributed by atoms with Gasteiger partial charge in [-0.25, -0.2) is 0 Å². The first-order valence-corrected chi connectivity index (χ1v) is 31.3.